The van der Waals surface area contributed by atoms with Crippen molar-refractivity contribution in [2.24, 2.45) is 0 Å². The average Bonchev–Trinajstić information content (AvgIpc) is 3.11. The maximum atomic E-state index is 14.3. The molecule has 1 unspecified atom stereocenters. The molecule has 5 rings (SSSR count). The van der Waals surface area contributed by atoms with Gasteiger partial charge in [0.05, 0.1) is 30.4 Å². The van der Waals surface area contributed by atoms with Gasteiger partial charge in [0.25, 0.3) is 11.8 Å². The molecule has 3 aromatic carbocycles. The fraction of sp³-hybridized carbons (Fsp3) is 0.182. The molecular weight excluding hydrogens is 560 g/mol. The van der Waals surface area contributed by atoms with Crippen LogP contribution in [-0.4, -0.2) is 54.5 Å². The number of ether oxygens (including phenoxy) is 1. The van der Waals surface area contributed by atoms with Crippen LogP contribution in [0.25, 0.3) is 0 Å². The molecule has 4 aromatic rings. The number of para-hydroxylation sites is 3. The molecule has 5 amide bonds. The first-order valence-corrected chi connectivity index (χ1v) is 14.0. The van der Waals surface area contributed by atoms with Crippen molar-refractivity contribution in [1.82, 2.24) is 10.3 Å². The Morgan fingerprint density at radius 1 is 0.886 bits per heavy atom. The molecule has 44 heavy (non-hydrogen) atoms. The van der Waals surface area contributed by atoms with E-state index in [4.69, 9.17) is 4.74 Å². The minimum absolute atomic E-state index is 0.257. The first-order chi connectivity index (χ1) is 21.3. The SMILES string of the molecule is COc1ccc(N(C(=O)CN2C(=O)C(NC(=O)Nc3ccccc3)C(=O)N(c3cccnc3)c3ccccc32)C(C)C)cc1. The van der Waals surface area contributed by atoms with Gasteiger partial charge in [-0.2, -0.15) is 0 Å². The van der Waals surface area contributed by atoms with E-state index < -0.39 is 30.4 Å². The van der Waals surface area contributed by atoms with Crippen molar-refractivity contribution in [3.8, 4) is 5.75 Å². The highest BCUT2D eigenvalue weighted by Crippen LogP contribution is 2.38. The number of nitrogens with one attached hydrogen (secondary N) is 2. The van der Waals surface area contributed by atoms with Crippen LogP contribution in [0.15, 0.2) is 103 Å². The van der Waals surface area contributed by atoms with Crippen molar-refractivity contribution in [3.05, 3.63) is 103 Å². The predicted octanol–water partition coefficient (Wildman–Crippen LogP) is 4.73. The number of nitrogens with zero attached hydrogens (tertiary/aromatic N) is 4. The van der Waals surface area contributed by atoms with Crippen LogP contribution in [0.1, 0.15) is 13.8 Å². The van der Waals surface area contributed by atoms with Crippen LogP contribution in [0.2, 0.25) is 0 Å². The Hall–Kier alpha value is -5.71. The molecule has 0 saturated heterocycles. The summed E-state index contributed by atoms with van der Waals surface area (Å²) in [6.45, 7) is 3.34. The lowest BCUT2D eigenvalue weighted by molar-refractivity contribution is -0.129. The Morgan fingerprint density at radius 2 is 1.57 bits per heavy atom. The molecule has 11 nitrogen and oxygen atoms in total. The van der Waals surface area contributed by atoms with E-state index >= 15 is 0 Å². The molecule has 0 fully saturated rings. The third kappa shape index (κ3) is 6.21. The lowest BCUT2D eigenvalue weighted by Crippen LogP contribution is -2.57. The van der Waals surface area contributed by atoms with E-state index in [1.807, 2.05) is 13.8 Å². The highest BCUT2D eigenvalue weighted by molar-refractivity contribution is 6.25. The molecule has 224 valence electrons. The molecular formula is C33H32N6O5. The summed E-state index contributed by atoms with van der Waals surface area (Å²) < 4.78 is 5.26. The van der Waals surface area contributed by atoms with E-state index in [-0.39, 0.29) is 11.9 Å². The van der Waals surface area contributed by atoms with Crippen LogP contribution in [0.3, 0.4) is 0 Å². The molecule has 2 heterocycles. The zero-order chi connectivity index (χ0) is 31.2. The van der Waals surface area contributed by atoms with Crippen LogP contribution in [0.5, 0.6) is 5.75 Å². The van der Waals surface area contributed by atoms with Gasteiger partial charge in [0.15, 0.2) is 6.04 Å². The first kappa shape index (κ1) is 29.8. The molecule has 11 heteroatoms. The van der Waals surface area contributed by atoms with Crippen LogP contribution in [0.4, 0.5) is 33.2 Å². The van der Waals surface area contributed by atoms with Gasteiger partial charge in [0, 0.05) is 23.6 Å². The maximum absolute atomic E-state index is 14.3. The summed E-state index contributed by atoms with van der Waals surface area (Å²) in [6, 6.07) is 23.1. The van der Waals surface area contributed by atoms with Gasteiger partial charge in [-0.05, 0) is 74.5 Å². The van der Waals surface area contributed by atoms with Crippen molar-refractivity contribution < 1.29 is 23.9 Å². The normalized spacial score (nSPS) is 14.5. The Labute approximate surface area is 255 Å². The quantitative estimate of drug-likeness (QED) is 0.285. The van der Waals surface area contributed by atoms with Gasteiger partial charge >= 0.3 is 6.03 Å². The standard InChI is InChI=1S/C33H32N6O5/c1-22(2)38(24-15-17-26(44-3)18-16-24)29(40)21-37-27-13-7-8-14-28(27)39(25-12-9-19-34-20-25)32(42)30(31(37)41)36-33(43)35-23-10-5-4-6-11-23/h4-20,22,30H,21H2,1-3H3,(H2,35,36,43). The fourth-order valence-corrected chi connectivity index (χ4v) is 5.05. The Balaban J connectivity index is 1.55. The molecule has 1 aliphatic rings. The van der Waals surface area contributed by atoms with E-state index in [9.17, 15) is 19.2 Å². The van der Waals surface area contributed by atoms with E-state index in [2.05, 4.69) is 15.6 Å². The topological polar surface area (TPSA) is 124 Å². The fourth-order valence-electron chi connectivity index (χ4n) is 5.05. The van der Waals surface area contributed by atoms with Gasteiger partial charge in [-0.3, -0.25) is 29.2 Å². The monoisotopic (exact) mass is 592 g/mol. The molecule has 1 atom stereocenters. The summed E-state index contributed by atoms with van der Waals surface area (Å²) in [6.07, 6.45) is 3.06. The Bertz CT molecular complexity index is 1650. The van der Waals surface area contributed by atoms with E-state index in [1.54, 1.807) is 109 Å². The Kier molecular flexibility index (Phi) is 8.85. The molecule has 1 aromatic heterocycles. The van der Waals surface area contributed by atoms with Gasteiger partial charge in [-0.25, -0.2) is 4.79 Å². The lowest BCUT2D eigenvalue weighted by atomic mass is 10.2. The minimum atomic E-state index is -1.66. The van der Waals surface area contributed by atoms with Gasteiger partial charge in [-0.1, -0.05) is 30.3 Å². The summed E-state index contributed by atoms with van der Waals surface area (Å²) in [5, 5.41) is 5.21. The molecule has 0 bridgehead atoms. The predicted molar refractivity (Wildman–Crippen MR) is 168 cm³/mol. The van der Waals surface area contributed by atoms with Crippen molar-refractivity contribution in [1.29, 1.82) is 0 Å². The van der Waals surface area contributed by atoms with Crippen LogP contribution >= 0.6 is 0 Å². The summed E-state index contributed by atoms with van der Waals surface area (Å²) in [7, 11) is 1.56. The van der Waals surface area contributed by atoms with Crippen molar-refractivity contribution in [2.45, 2.75) is 25.9 Å². The number of urea groups is 1. The number of rotatable bonds is 8. The number of anilines is 5. The highest BCUT2D eigenvalue weighted by Gasteiger charge is 2.43. The number of fused-ring (bicyclic) bond motifs is 1. The highest BCUT2D eigenvalue weighted by atomic mass is 16.5. The number of hydrogen-bond acceptors (Lipinski definition) is 6. The number of methoxy groups -OCH3 is 1. The van der Waals surface area contributed by atoms with Gasteiger partial charge < -0.3 is 20.3 Å². The number of carbonyl (C=O) groups is 4. The number of benzene rings is 3. The van der Waals surface area contributed by atoms with Crippen molar-refractivity contribution in [2.75, 3.05) is 33.7 Å². The zero-order valence-corrected chi connectivity index (χ0v) is 24.5. The summed E-state index contributed by atoms with van der Waals surface area (Å²) in [5.74, 6) is -1.21. The second-order valence-electron chi connectivity index (χ2n) is 10.3. The lowest BCUT2D eigenvalue weighted by Gasteiger charge is -2.31. The summed E-state index contributed by atoms with van der Waals surface area (Å²) >= 11 is 0. The smallest absolute Gasteiger partial charge is 0.320 e. The summed E-state index contributed by atoms with van der Waals surface area (Å²) in [4.78, 5) is 63.8. The molecule has 0 spiro atoms. The van der Waals surface area contributed by atoms with Crippen LogP contribution in [0, 0.1) is 0 Å². The third-order valence-corrected chi connectivity index (χ3v) is 7.03. The second-order valence-corrected chi connectivity index (χ2v) is 10.3. The number of carbonyl (C=O) groups excluding carboxylic acids is 4. The van der Waals surface area contributed by atoms with Crippen LogP contribution in [-0.2, 0) is 14.4 Å². The molecule has 1 aliphatic heterocycles. The average molecular weight is 593 g/mol. The molecule has 2 N–H and O–H groups in total. The van der Waals surface area contributed by atoms with E-state index in [0.717, 1.165) is 0 Å². The van der Waals surface area contributed by atoms with Crippen molar-refractivity contribution in [3.63, 3.8) is 0 Å². The first-order valence-electron chi connectivity index (χ1n) is 14.0. The number of amides is 5. The second kappa shape index (κ2) is 13.1. The Morgan fingerprint density at radius 3 is 2.20 bits per heavy atom. The van der Waals surface area contributed by atoms with Gasteiger partial charge in [-0.15, -0.1) is 0 Å². The minimum Gasteiger partial charge on any atom is -0.497 e. The van der Waals surface area contributed by atoms with Gasteiger partial charge in [0.2, 0.25) is 5.91 Å². The number of hydrogen-bond donors (Lipinski definition) is 2. The summed E-state index contributed by atoms with van der Waals surface area (Å²) in [5.41, 5.74) is 2.17. The zero-order valence-electron chi connectivity index (χ0n) is 24.5. The van der Waals surface area contributed by atoms with Crippen LogP contribution < -0.4 is 30.1 Å². The third-order valence-electron chi connectivity index (χ3n) is 7.03. The molecule has 0 radical (unpaired) electrons. The molecule has 0 aliphatic carbocycles. The molecule has 0 saturated carbocycles. The number of pyridine rings is 1. The van der Waals surface area contributed by atoms with E-state index in [0.29, 0.717) is 34.2 Å². The van der Waals surface area contributed by atoms with Crippen molar-refractivity contribution >= 4 is 52.2 Å². The van der Waals surface area contributed by atoms with E-state index in [1.165, 1.54) is 16.0 Å². The number of aromatic nitrogens is 1. The largest absolute Gasteiger partial charge is 0.497 e. The maximum Gasteiger partial charge on any atom is 0.320 e. The van der Waals surface area contributed by atoms with Gasteiger partial charge in [0.1, 0.15) is 12.3 Å².